The van der Waals surface area contributed by atoms with E-state index >= 15 is 0 Å². The number of hydrogen-bond acceptors (Lipinski definition) is 3. The molecule has 1 N–H and O–H groups in total. The molecule has 3 heteroatoms. The summed E-state index contributed by atoms with van der Waals surface area (Å²) < 4.78 is 5.43. The number of anilines is 1. The Morgan fingerprint density at radius 1 is 1.38 bits per heavy atom. The van der Waals surface area contributed by atoms with E-state index in [1.807, 2.05) is 12.4 Å². The number of nitrogens with zero attached hydrogens (tertiary/aromatic N) is 1. The quantitative estimate of drug-likeness (QED) is 0.850. The van der Waals surface area contributed by atoms with Gasteiger partial charge in [-0.3, -0.25) is 4.98 Å². The SMILES string of the molecule is COC1CCCC(Nc2cncc(C)c2)C1. The second-order valence-corrected chi connectivity index (χ2v) is 4.62. The van der Waals surface area contributed by atoms with E-state index in [0.29, 0.717) is 12.1 Å². The minimum atomic E-state index is 0.420. The first kappa shape index (κ1) is 11.4. The maximum Gasteiger partial charge on any atom is 0.0590 e. The zero-order valence-electron chi connectivity index (χ0n) is 10.1. The Morgan fingerprint density at radius 2 is 2.25 bits per heavy atom. The van der Waals surface area contributed by atoms with Crippen LogP contribution >= 0.6 is 0 Å². The van der Waals surface area contributed by atoms with Crippen molar-refractivity contribution in [2.75, 3.05) is 12.4 Å². The number of hydrogen-bond donors (Lipinski definition) is 1. The van der Waals surface area contributed by atoms with Crippen LogP contribution in [0.25, 0.3) is 0 Å². The molecule has 0 aliphatic heterocycles. The van der Waals surface area contributed by atoms with Gasteiger partial charge in [-0.05, 0) is 44.2 Å². The maximum absolute atomic E-state index is 5.43. The zero-order chi connectivity index (χ0) is 11.4. The normalized spacial score (nSPS) is 25.4. The number of methoxy groups -OCH3 is 1. The summed E-state index contributed by atoms with van der Waals surface area (Å²) >= 11 is 0. The molecule has 0 aromatic carbocycles. The van der Waals surface area contributed by atoms with Crippen molar-refractivity contribution in [2.24, 2.45) is 0 Å². The molecule has 1 saturated carbocycles. The lowest BCUT2D eigenvalue weighted by Crippen LogP contribution is -2.31. The van der Waals surface area contributed by atoms with Gasteiger partial charge >= 0.3 is 0 Å². The third kappa shape index (κ3) is 2.95. The first-order chi connectivity index (χ1) is 7.78. The van der Waals surface area contributed by atoms with Crippen LogP contribution in [-0.4, -0.2) is 24.2 Å². The minimum Gasteiger partial charge on any atom is -0.381 e. The van der Waals surface area contributed by atoms with E-state index in [-0.39, 0.29) is 0 Å². The van der Waals surface area contributed by atoms with Crippen molar-refractivity contribution in [3.63, 3.8) is 0 Å². The highest BCUT2D eigenvalue weighted by molar-refractivity contribution is 5.43. The van der Waals surface area contributed by atoms with Crippen LogP contribution in [0.2, 0.25) is 0 Å². The molecule has 16 heavy (non-hydrogen) atoms. The number of nitrogens with one attached hydrogen (secondary N) is 1. The molecule has 0 radical (unpaired) electrons. The Balaban J connectivity index is 1.94. The van der Waals surface area contributed by atoms with Crippen LogP contribution in [0.15, 0.2) is 18.5 Å². The van der Waals surface area contributed by atoms with Gasteiger partial charge in [0, 0.05) is 25.5 Å². The largest absolute Gasteiger partial charge is 0.381 e. The average Bonchev–Trinajstić information content (AvgIpc) is 2.29. The highest BCUT2D eigenvalue weighted by Crippen LogP contribution is 2.23. The fraction of sp³-hybridized carbons (Fsp3) is 0.615. The van der Waals surface area contributed by atoms with Crippen molar-refractivity contribution in [1.82, 2.24) is 4.98 Å². The molecule has 1 aliphatic carbocycles. The molecule has 0 bridgehead atoms. The van der Waals surface area contributed by atoms with Crippen molar-refractivity contribution in [3.05, 3.63) is 24.0 Å². The minimum absolute atomic E-state index is 0.420. The third-order valence-electron chi connectivity index (χ3n) is 3.21. The van der Waals surface area contributed by atoms with Crippen LogP contribution in [0.1, 0.15) is 31.2 Å². The topological polar surface area (TPSA) is 34.1 Å². The van der Waals surface area contributed by atoms with E-state index < -0.39 is 0 Å². The molecule has 1 heterocycles. The van der Waals surface area contributed by atoms with Crippen molar-refractivity contribution in [2.45, 2.75) is 44.8 Å². The molecular weight excluding hydrogens is 200 g/mol. The molecule has 2 unspecified atom stereocenters. The van der Waals surface area contributed by atoms with Crippen molar-refractivity contribution >= 4 is 5.69 Å². The highest BCUT2D eigenvalue weighted by Gasteiger charge is 2.21. The third-order valence-corrected chi connectivity index (χ3v) is 3.21. The molecule has 0 saturated heterocycles. The van der Waals surface area contributed by atoms with Crippen LogP contribution in [0.4, 0.5) is 5.69 Å². The van der Waals surface area contributed by atoms with Gasteiger partial charge in [0.2, 0.25) is 0 Å². The summed E-state index contributed by atoms with van der Waals surface area (Å²) in [5, 5.41) is 3.54. The van der Waals surface area contributed by atoms with Gasteiger partial charge in [0.05, 0.1) is 11.8 Å². The Morgan fingerprint density at radius 3 is 3.00 bits per heavy atom. The standard InChI is InChI=1S/C13H20N2O/c1-10-6-12(9-14-8-10)15-11-4-3-5-13(7-11)16-2/h6,8-9,11,13,15H,3-5,7H2,1-2H3. The zero-order valence-corrected chi connectivity index (χ0v) is 10.1. The summed E-state index contributed by atoms with van der Waals surface area (Å²) in [5.74, 6) is 0. The predicted molar refractivity (Wildman–Crippen MR) is 65.6 cm³/mol. The molecule has 0 spiro atoms. The van der Waals surface area contributed by atoms with Crippen LogP contribution in [0.3, 0.4) is 0 Å². The molecule has 0 amide bonds. The molecular formula is C13H20N2O. The summed E-state index contributed by atoms with van der Waals surface area (Å²) in [5.41, 5.74) is 2.32. The van der Waals surface area contributed by atoms with E-state index in [0.717, 1.165) is 12.1 Å². The molecule has 2 atom stereocenters. The average molecular weight is 220 g/mol. The number of aromatic nitrogens is 1. The van der Waals surface area contributed by atoms with Crippen LogP contribution in [0, 0.1) is 6.92 Å². The predicted octanol–water partition coefficient (Wildman–Crippen LogP) is 2.76. The van der Waals surface area contributed by atoms with Crippen molar-refractivity contribution < 1.29 is 4.74 Å². The lowest BCUT2D eigenvalue weighted by molar-refractivity contribution is 0.0669. The molecule has 1 aromatic rings. The first-order valence-electron chi connectivity index (χ1n) is 5.99. The monoisotopic (exact) mass is 220 g/mol. The molecule has 1 fully saturated rings. The van der Waals surface area contributed by atoms with E-state index in [9.17, 15) is 0 Å². The molecule has 88 valence electrons. The van der Waals surface area contributed by atoms with Gasteiger partial charge in [-0.1, -0.05) is 0 Å². The lowest BCUT2D eigenvalue weighted by atomic mass is 9.92. The maximum atomic E-state index is 5.43. The number of ether oxygens (including phenoxy) is 1. The van der Waals surface area contributed by atoms with Gasteiger partial charge in [0.15, 0.2) is 0 Å². The van der Waals surface area contributed by atoms with E-state index in [1.54, 1.807) is 7.11 Å². The van der Waals surface area contributed by atoms with Gasteiger partial charge in [-0.15, -0.1) is 0 Å². The van der Waals surface area contributed by atoms with Crippen LogP contribution < -0.4 is 5.32 Å². The van der Waals surface area contributed by atoms with Gasteiger partial charge in [-0.2, -0.15) is 0 Å². The van der Waals surface area contributed by atoms with E-state index in [1.165, 1.54) is 24.8 Å². The van der Waals surface area contributed by atoms with Crippen molar-refractivity contribution in [3.8, 4) is 0 Å². The lowest BCUT2D eigenvalue weighted by Gasteiger charge is -2.29. The fourth-order valence-electron chi connectivity index (χ4n) is 2.36. The number of aryl methyl sites for hydroxylation is 1. The Kier molecular flexibility index (Phi) is 3.78. The molecule has 1 aliphatic rings. The highest BCUT2D eigenvalue weighted by atomic mass is 16.5. The number of rotatable bonds is 3. The Bertz CT molecular complexity index is 340. The summed E-state index contributed by atoms with van der Waals surface area (Å²) in [6.07, 6.45) is 8.96. The Labute approximate surface area is 97.2 Å². The number of pyridine rings is 1. The fourth-order valence-corrected chi connectivity index (χ4v) is 2.36. The summed E-state index contributed by atoms with van der Waals surface area (Å²) in [7, 11) is 1.81. The second kappa shape index (κ2) is 5.30. The van der Waals surface area contributed by atoms with Crippen LogP contribution in [-0.2, 0) is 4.74 Å². The van der Waals surface area contributed by atoms with Gasteiger partial charge in [0.1, 0.15) is 0 Å². The first-order valence-corrected chi connectivity index (χ1v) is 5.99. The molecule has 3 nitrogen and oxygen atoms in total. The smallest absolute Gasteiger partial charge is 0.0590 e. The van der Waals surface area contributed by atoms with Gasteiger partial charge < -0.3 is 10.1 Å². The van der Waals surface area contributed by atoms with E-state index in [2.05, 4.69) is 23.3 Å². The van der Waals surface area contributed by atoms with Gasteiger partial charge in [-0.25, -0.2) is 0 Å². The molecule has 2 rings (SSSR count). The van der Waals surface area contributed by atoms with E-state index in [4.69, 9.17) is 4.74 Å². The summed E-state index contributed by atoms with van der Waals surface area (Å²) in [6, 6.07) is 2.67. The Hall–Kier alpha value is -1.09. The van der Waals surface area contributed by atoms with Crippen LogP contribution in [0.5, 0.6) is 0 Å². The molecule has 1 aromatic heterocycles. The summed E-state index contributed by atoms with van der Waals surface area (Å²) in [4.78, 5) is 4.20. The second-order valence-electron chi connectivity index (χ2n) is 4.62. The summed E-state index contributed by atoms with van der Waals surface area (Å²) in [6.45, 7) is 2.07. The van der Waals surface area contributed by atoms with Crippen molar-refractivity contribution in [1.29, 1.82) is 0 Å². The van der Waals surface area contributed by atoms with Gasteiger partial charge in [0.25, 0.3) is 0 Å².